The predicted octanol–water partition coefficient (Wildman–Crippen LogP) is 16.6. The van der Waals surface area contributed by atoms with E-state index in [1.54, 1.807) is 108 Å². The lowest BCUT2D eigenvalue weighted by Gasteiger charge is -2.37. The largest absolute Gasteiger partial charge is 0.475 e. The standard InChI is InChI=1S/C26H30F3N3O5S.C25H28F3N3O5S.C25H29N3O5S.C24H25N3O5S/c1-15(2)31-21-9-17(23(33)12-26(4)5-7-38(35,36)8-6-26)18(28)10-22(21)32(25(31)34)20-11-24(30-13-19(20)29)37-14-16(3)27;1-14(2)30-20-9-16(22(32)12-25(4)5-7-37(34,35)8-6-25)17(27)10-21(20)31(24(30)33)19-11-23(36-15(3)26)29-13-18(19)28;1-15(2)27-22-11-18(23(30)12-25(5)13-34(32,33)14-25)6-9-21(22)28(24(27)31)19-7-8-20(16(3)10-19)26-17(4)29;1-14(2)26-19-10-16(20(28)11-24(4)12-33(30,31)13-24)8-9-17(19)27(23(26)29)18-6-5-7-21-22(18)25-15(3)32-21/h9-11,13,15-16H,5-8,12,14H2,1-4H3;9-11,13-15H,5-8,12H2,1-4H3;6-11,15H,12-14H2,1-5H3,(H,26,29);5-10,14H,11-13H2,1-4H3. The second-order valence-electron chi connectivity index (χ2n) is 40.1. The number of Topliss-reactive ketones (excluding diaryl/α,β-unsaturated/α-hetero) is 4. The van der Waals surface area contributed by atoms with Gasteiger partial charge in [-0.2, -0.15) is 0 Å². The summed E-state index contributed by atoms with van der Waals surface area (Å²) in [5.41, 5.74) is 2.86. The predicted molar refractivity (Wildman–Crippen MR) is 527 cm³/mol. The molecule has 7 aromatic heterocycles. The molecule has 758 valence electrons. The number of nitrogens with zero attached hydrogens (tertiary/aromatic N) is 11. The van der Waals surface area contributed by atoms with Crippen LogP contribution < -0.4 is 37.5 Å². The van der Waals surface area contributed by atoms with Crippen LogP contribution in [-0.4, -0.2) is 179 Å². The van der Waals surface area contributed by atoms with Crippen LogP contribution in [0.5, 0.6) is 11.8 Å². The van der Waals surface area contributed by atoms with Crippen molar-refractivity contribution in [3.05, 3.63) is 221 Å². The summed E-state index contributed by atoms with van der Waals surface area (Å²) in [7, 11) is -12.4. The second kappa shape index (κ2) is 39.5. The van der Waals surface area contributed by atoms with Gasteiger partial charge < -0.3 is 19.2 Å². The highest BCUT2D eigenvalue weighted by molar-refractivity contribution is 7.93. The highest BCUT2D eigenvalue weighted by Gasteiger charge is 2.48. The molecule has 2 unspecified atom stereocenters. The number of anilines is 1. The molecule has 1 amide bonds. The van der Waals surface area contributed by atoms with E-state index in [9.17, 15) is 94.4 Å². The van der Waals surface area contributed by atoms with Gasteiger partial charge in [0.05, 0.1) is 136 Å². The Kier molecular flexibility index (Phi) is 29.3. The fourth-order valence-electron chi connectivity index (χ4n) is 19.2. The molecule has 17 rings (SSSR count). The van der Waals surface area contributed by atoms with Crippen LogP contribution in [0.2, 0.25) is 0 Å². The summed E-state index contributed by atoms with van der Waals surface area (Å²) in [4.78, 5) is 130. The van der Waals surface area contributed by atoms with Crippen molar-refractivity contribution in [2.45, 2.75) is 206 Å². The highest BCUT2D eigenvalue weighted by atomic mass is 32.2. The molecule has 32 nitrogen and oxygen atoms in total. The number of rotatable bonds is 26. The van der Waals surface area contributed by atoms with Gasteiger partial charge in [0.25, 0.3) is 0 Å². The number of alkyl halides is 2. The number of pyridine rings is 2. The van der Waals surface area contributed by atoms with Crippen LogP contribution in [0.25, 0.3) is 78.0 Å². The van der Waals surface area contributed by atoms with Gasteiger partial charge in [-0.15, -0.1) is 0 Å². The van der Waals surface area contributed by atoms with Crippen LogP contribution in [0.3, 0.4) is 0 Å². The number of ether oxygens (including phenoxy) is 2. The molecule has 142 heavy (non-hydrogen) atoms. The zero-order valence-corrected chi connectivity index (χ0v) is 84.8. The lowest BCUT2D eigenvalue weighted by Crippen LogP contribution is -2.47. The molecule has 4 aliphatic heterocycles. The molecular formula is C100H112F6N12O20S4. The summed E-state index contributed by atoms with van der Waals surface area (Å²) in [5.74, 6) is -4.90. The topological polar surface area (TPSA) is 412 Å². The molecule has 2 atom stereocenters. The number of carbonyl (C=O) groups is 5. The Labute approximate surface area is 814 Å². The molecule has 4 saturated heterocycles. The number of oxazole rings is 1. The Morgan fingerprint density at radius 3 is 1.22 bits per heavy atom. The van der Waals surface area contributed by atoms with E-state index < -0.39 is 132 Å². The molecule has 4 fully saturated rings. The van der Waals surface area contributed by atoms with Gasteiger partial charge in [-0.25, -0.2) is 94.1 Å². The van der Waals surface area contributed by atoms with Crippen molar-refractivity contribution in [2.24, 2.45) is 21.7 Å². The molecule has 11 heterocycles. The number of para-hydroxylation sites is 1. The molecule has 42 heteroatoms. The van der Waals surface area contributed by atoms with Crippen LogP contribution in [-0.2, 0) is 44.1 Å². The number of ketones is 4. The minimum Gasteiger partial charge on any atom is -0.475 e. The number of carbonyl (C=O) groups excluding carboxylic acids is 5. The smallest absolute Gasteiger partial charge is 0.334 e. The first-order chi connectivity index (χ1) is 66.2. The van der Waals surface area contributed by atoms with Crippen LogP contribution in [0.15, 0.2) is 145 Å². The number of sulfone groups is 4. The maximum Gasteiger partial charge on any atom is 0.334 e. The molecular weight excluding hydrogens is 1930 g/mol. The number of halogens is 6. The lowest BCUT2D eigenvalue weighted by molar-refractivity contribution is -0.114. The van der Waals surface area contributed by atoms with Crippen molar-refractivity contribution < 1.29 is 97.9 Å². The summed E-state index contributed by atoms with van der Waals surface area (Å²) < 4.78 is 208. The Morgan fingerprint density at radius 1 is 0.437 bits per heavy atom. The van der Waals surface area contributed by atoms with Crippen molar-refractivity contribution in [3.8, 4) is 34.5 Å². The average molecular weight is 2040 g/mol. The SMILES string of the molecule is CC(=O)Nc1ccc(-n2c(=O)n(C(C)C)c3cc(C(=O)CC4(C)CS(=O)(=O)C4)ccc32)cc1C.CC(F)COc1cc(-n2c(=O)n(C(C)C)c3cc(C(=O)CC4(C)CCS(=O)(=O)CC4)c(F)cc32)c(F)cn1.CC(F)Oc1cc(-n2c(=O)n(C(C)C)c3cc(C(=O)CC4(C)CCS(=O)(=O)CC4)c(F)cc32)c(F)cn1.Cc1nc2c(-n3c(=O)n(C(C)C)c4cc(C(=O)CC5(C)CS(=O)(=O)C5)ccc43)cccc2o1. The number of aromatic nitrogens is 11. The Morgan fingerprint density at radius 2 is 0.824 bits per heavy atom. The molecule has 0 radical (unpaired) electrons. The Hall–Kier alpha value is -12.7. The molecule has 4 aliphatic rings. The number of imidazole rings is 4. The monoisotopic (exact) mass is 2040 g/mol. The van der Waals surface area contributed by atoms with E-state index in [0.717, 1.165) is 58.3 Å². The van der Waals surface area contributed by atoms with E-state index in [1.165, 1.54) is 35.1 Å². The van der Waals surface area contributed by atoms with Gasteiger partial charge in [-0.1, -0.05) is 33.8 Å². The van der Waals surface area contributed by atoms with Gasteiger partial charge in [0.1, 0.15) is 49.6 Å². The van der Waals surface area contributed by atoms with E-state index >= 15 is 8.78 Å². The normalized spacial score (nSPS) is 17.2. The van der Waals surface area contributed by atoms with E-state index in [2.05, 4.69) is 20.3 Å². The number of benzene rings is 6. The molecule has 1 N–H and O–H groups in total. The molecule has 0 aliphatic carbocycles. The first-order valence-electron chi connectivity index (χ1n) is 46.3. The third kappa shape index (κ3) is 22.1. The third-order valence-electron chi connectivity index (χ3n) is 26.0. The summed E-state index contributed by atoms with van der Waals surface area (Å²) >= 11 is 0. The van der Waals surface area contributed by atoms with Crippen LogP contribution >= 0.6 is 0 Å². The zero-order chi connectivity index (χ0) is 104. The minimum atomic E-state index is -3.14. The molecule has 13 aromatic rings. The van der Waals surface area contributed by atoms with Crippen LogP contribution in [0, 0.1) is 58.8 Å². The number of fused-ring (bicyclic) bond motifs is 5. The quantitative estimate of drug-likeness (QED) is 0.0388. The van der Waals surface area contributed by atoms with Crippen molar-refractivity contribution in [1.82, 2.24) is 51.5 Å². The number of amides is 1. The van der Waals surface area contributed by atoms with Gasteiger partial charge >= 0.3 is 22.8 Å². The van der Waals surface area contributed by atoms with E-state index in [-0.39, 0.29) is 176 Å². The number of hydrogen-bond acceptors (Lipinski definition) is 23. The lowest BCUT2D eigenvalue weighted by atomic mass is 9.78. The van der Waals surface area contributed by atoms with E-state index in [4.69, 9.17) is 13.9 Å². The molecule has 0 bridgehead atoms. The van der Waals surface area contributed by atoms with Crippen molar-refractivity contribution >= 4 is 129 Å². The number of aryl methyl sites for hydroxylation is 2. The first-order valence-corrected chi connectivity index (χ1v) is 53.6. The number of hydrogen-bond donors (Lipinski definition) is 1. The first kappa shape index (κ1) is 105. The number of nitrogens with one attached hydrogen (secondary N) is 1. The van der Waals surface area contributed by atoms with Gasteiger partial charge in [0.2, 0.25) is 24.0 Å². The van der Waals surface area contributed by atoms with Gasteiger partial charge in [-0.3, -0.25) is 60.5 Å². The van der Waals surface area contributed by atoms with Crippen LogP contribution in [0.4, 0.5) is 32.0 Å². The Bertz CT molecular complexity index is 8020. The minimum absolute atomic E-state index is 0.00654. The summed E-state index contributed by atoms with van der Waals surface area (Å²) in [6.07, 6.45) is -0.0650. The zero-order valence-electron chi connectivity index (χ0n) is 81.5. The van der Waals surface area contributed by atoms with E-state index in [1.807, 2.05) is 79.7 Å². The fraction of sp³-hybridized carbons (Fsp3) is 0.440. The van der Waals surface area contributed by atoms with Gasteiger partial charge in [-0.05, 0) is 190 Å². The van der Waals surface area contributed by atoms with Crippen molar-refractivity contribution in [3.63, 3.8) is 0 Å². The Balaban J connectivity index is 0.000000151. The summed E-state index contributed by atoms with van der Waals surface area (Å²) in [6.45, 7) is 28.9. The maximum atomic E-state index is 15.4. The maximum absolute atomic E-state index is 15.4. The summed E-state index contributed by atoms with van der Waals surface area (Å²) in [5, 5.41) is 2.77. The van der Waals surface area contributed by atoms with Crippen molar-refractivity contribution in [1.29, 1.82) is 0 Å². The molecule has 0 saturated carbocycles. The average Bonchev–Trinajstić information content (AvgIpc) is 1.60. The third-order valence-corrected chi connectivity index (χ3v) is 33.9. The fourth-order valence-corrected chi connectivity index (χ4v) is 27.4. The van der Waals surface area contributed by atoms with E-state index in [0.29, 0.717) is 92.9 Å². The second-order valence-corrected chi connectivity index (χ2v) is 48.9. The summed E-state index contributed by atoms with van der Waals surface area (Å²) in [6, 6.07) is 26.9. The van der Waals surface area contributed by atoms with Gasteiger partial charge in [0.15, 0.2) is 65.9 Å². The van der Waals surface area contributed by atoms with Crippen molar-refractivity contribution in [2.75, 3.05) is 57.9 Å². The molecule has 6 aromatic carbocycles. The molecule has 0 spiro atoms. The highest BCUT2D eigenvalue weighted by Crippen LogP contribution is 2.43. The van der Waals surface area contributed by atoms with Crippen LogP contribution in [0.1, 0.15) is 232 Å². The van der Waals surface area contributed by atoms with Gasteiger partial charge in [0, 0.05) is 123 Å².